The summed E-state index contributed by atoms with van der Waals surface area (Å²) >= 11 is 3.40. The van der Waals surface area contributed by atoms with Gasteiger partial charge in [-0.15, -0.1) is 0 Å². The summed E-state index contributed by atoms with van der Waals surface area (Å²) in [4.78, 5) is 14.9. The number of aromatic nitrogens is 1. The van der Waals surface area contributed by atoms with E-state index in [1.807, 2.05) is 48.7 Å². The molecular weight excluding hydrogens is 452 g/mol. The van der Waals surface area contributed by atoms with E-state index < -0.39 is 6.10 Å². The van der Waals surface area contributed by atoms with Crippen molar-refractivity contribution in [2.75, 3.05) is 19.6 Å². The molecule has 0 unspecified atom stereocenters. The number of carbonyl (C=O) groups is 1. The van der Waals surface area contributed by atoms with Crippen LogP contribution in [0.25, 0.3) is 17.0 Å². The maximum atomic E-state index is 12.5. The van der Waals surface area contributed by atoms with Crippen molar-refractivity contribution in [3.05, 3.63) is 76.4 Å². The highest BCUT2D eigenvalue weighted by atomic mass is 79.9. The molecule has 0 saturated carbocycles. The molecule has 1 atom stereocenters. The highest BCUT2D eigenvalue weighted by Gasteiger charge is 2.14. The average Bonchev–Trinajstić information content (AvgIpc) is 3.10. The SMILES string of the molecule is CCCN(CCC)C[C@@H](O)Cn1cc(/C=C/C(=O)c2ccc(Br)cc2)c2ccccc21. The molecule has 0 fully saturated rings. The Labute approximate surface area is 193 Å². The molecule has 0 aliphatic rings. The second kappa shape index (κ2) is 11.4. The number of hydrogen-bond acceptors (Lipinski definition) is 3. The Morgan fingerprint density at radius 2 is 1.77 bits per heavy atom. The number of rotatable bonds is 11. The van der Waals surface area contributed by atoms with E-state index in [9.17, 15) is 9.90 Å². The quantitative estimate of drug-likeness (QED) is 0.278. The number of nitrogens with zero attached hydrogens (tertiary/aromatic N) is 2. The molecule has 0 aliphatic carbocycles. The van der Waals surface area contributed by atoms with E-state index in [1.54, 1.807) is 6.08 Å². The van der Waals surface area contributed by atoms with Crippen molar-refractivity contribution in [1.82, 2.24) is 9.47 Å². The van der Waals surface area contributed by atoms with Crippen molar-refractivity contribution in [1.29, 1.82) is 0 Å². The highest BCUT2D eigenvalue weighted by Crippen LogP contribution is 2.23. The van der Waals surface area contributed by atoms with Gasteiger partial charge in [-0.05, 0) is 68.4 Å². The van der Waals surface area contributed by atoms with Crippen LogP contribution in [0.3, 0.4) is 0 Å². The van der Waals surface area contributed by atoms with Crippen molar-refractivity contribution in [2.45, 2.75) is 39.3 Å². The molecule has 2 aromatic carbocycles. The van der Waals surface area contributed by atoms with Gasteiger partial charge in [-0.2, -0.15) is 0 Å². The van der Waals surface area contributed by atoms with Crippen molar-refractivity contribution in [3.63, 3.8) is 0 Å². The Morgan fingerprint density at radius 1 is 1.10 bits per heavy atom. The third kappa shape index (κ3) is 6.39. The second-order valence-corrected chi connectivity index (χ2v) is 8.83. The molecule has 1 aromatic heterocycles. The van der Waals surface area contributed by atoms with Gasteiger partial charge in [0.2, 0.25) is 0 Å². The lowest BCUT2D eigenvalue weighted by atomic mass is 10.1. The van der Waals surface area contributed by atoms with Crippen LogP contribution in [-0.4, -0.2) is 46.1 Å². The fourth-order valence-corrected chi connectivity index (χ4v) is 4.21. The topological polar surface area (TPSA) is 45.5 Å². The monoisotopic (exact) mass is 482 g/mol. The zero-order valence-electron chi connectivity index (χ0n) is 18.3. The van der Waals surface area contributed by atoms with Crippen molar-refractivity contribution >= 4 is 38.7 Å². The molecule has 0 amide bonds. The number of ketones is 1. The molecule has 5 heteroatoms. The van der Waals surface area contributed by atoms with Gasteiger partial charge in [0.1, 0.15) is 0 Å². The van der Waals surface area contributed by atoms with Gasteiger partial charge in [0, 0.05) is 45.8 Å². The Kier molecular flexibility index (Phi) is 8.64. The van der Waals surface area contributed by atoms with Crippen LogP contribution in [0.1, 0.15) is 42.6 Å². The minimum atomic E-state index is -0.449. The maximum Gasteiger partial charge on any atom is 0.185 e. The number of fused-ring (bicyclic) bond motifs is 1. The molecule has 3 rings (SSSR count). The molecule has 164 valence electrons. The summed E-state index contributed by atoms with van der Waals surface area (Å²) in [6.45, 7) is 7.54. The minimum absolute atomic E-state index is 0.0286. The Hall–Kier alpha value is -2.21. The minimum Gasteiger partial charge on any atom is -0.390 e. The predicted molar refractivity (Wildman–Crippen MR) is 132 cm³/mol. The van der Waals surface area contributed by atoms with Crippen LogP contribution in [0.4, 0.5) is 0 Å². The zero-order chi connectivity index (χ0) is 22.2. The molecule has 1 heterocycles. The standard InChI is InChI=1S/C26H31BrN2O2/c1-3-15-28(16-4-2)18-23(30)19-29-17-21(24-7-5-6-8-25(24)29)11-14-26(31)20-9-12-22(27)13-10-20/h5-14,17,23,30H,3-4,15-16,18-19H2,1-2H3/b14-11+/t23-/m1/s1. The second-order valence-electron chi connectivity index (χ2n) is 7.91. The van der Waals surface area contributed by atoms with Gasteiger partial charge in [0.25, 0.3) is 0 Å². The van der Waals surface area contributed by atoms with Gasteiger partial charge in [-0.25, -0.2) is 0 Å². The lowest BCUT2D eigenvalue weighted by Crippen LogP contribution is -2.35. The van der Waals surface area contributed by atoms with E-state index in [-0.39, 0.29) is 5.78 Å². The summed E-state index contributed by atoms with van der Waals surface area (Å²) in [5.74, 6) is -0.0286. The van der Waals surface area contributed by atoms with Crippen molar-refractivity contribution in [3.8, 4) is 0 Å². The summed E-state index contributed by atoms with van der Waals surface area (Å²) in [6, 6.07) is 15.5. The summed E-state index contributed by atoms with van der Waals surface area (Å²) < 4.78 is 3.05. The molecular formula is C26H31BrN2O2. The Balaban J connectivity index is 1.78. The van der Waals surface area contributed by atoms with Crippen LogP contribution in [-0.2, 0) is 6.54 Å². The summed E-state index contributed by atoms with van der Waals surface area (Å²) in [6.07, 6.45) is 7.24. The van der Waals surface area contributed by atoms with Crippen LogP contribution in [0, 0.1) is 0 Å². The number of aliphatic hydroxyl groups excluding tert-OH is 1. The number of allylic oxidation sites excluding steroid dienone is 1. The van der Waals surface area contributed by atoms with Crippen LogP contribution in [0.15, 0.2) is 65.3 Å². The molecule has 0 bridgehead atoms. The number of halogens is 1. The maximum absolute atomic E-state index is 12.5. The van der Waals surface area contributed by atoms with Gasteiger partial charge < -0.3 is 14.6 Å². The van der Waals surface area contributed by atoms with Crippen molar-refractivity contribution < 1.29 is 9.90 Å². The number of aliphatic hydroxyl groups is 1. The van der Waals surface area contributed by atoms with Crippen LogP contribution >= 0.6 is 15.9 Å². The number of para-hydroxylation sites is 1. The van der Waals surface area contributed by atoms with E-state index in [0.29, 0.717) is 18.7 Å². The number of carbonyl (C=O) groups excluding carboxylic acids is 1. The highest BCUT2D eigenvalue weighted by molar-refractivity contribution is 9.10. The Bertz CT molecular complexity index is 1020. The average molecular weight is 483 g/mol. The summed E-state index contributed by atoms with van der Waals surface area (Å²) in [5.41, 5.74) is 2.70. The largest absolute Gasteiger partial charge is 0.390 e. The van der Waals surface area contributed by atoms with Gasteiger partial charge in [0.05, 0.1) is 6.10 Å². The molecule has 4 nitrogen and oxygen atoms in total. The van der Waals surface area contributed by atoms with E-state index in [0.717, 1.165) is 46.9 Å². The first-order chi connectivity index (χ1) is 15.0. The molecule has 0 spiro atoms. The first-order valence-electron chi connectivity index (χ1n) is 11.0. The molecule has 0 saturated heterocycles. The lowest BCUT2D eigenvalue weighted by molar-refractivity contribution is 0.0988. The lowest BCUT2D eigenvalue weighted by Gasteiger charge is -2.24. The molecule has 0 aliphatic heterocycles. The van der Waals surface area contributed by atoms with E-state index in [2.05, 4.69) is 51.4 Å². The molecule has 3 aromatic rings. The smallest absolute Gasteiger partial charge is 0.185 e. The van der Waals surface area contributed by atoms with Gasteiger partial charge >= 0.3 is 0 Å². The van der Waals surface area contributed by atoms with Crippen LogP contribution in [0.5, 0.6) is 0 Å². The summed E-state index contributed by atoms with van der Waals surface area (Å²) in [7, 11) is 0. The third-order valence-electron chi connectivity index (χ3n) is 5.32. The van der Waals surface area contributed by atoms with E-state index in [4.69, 9.17) is 0 Å². The first-order valence-corrected chi connectivity index (χ1v) is 11.8. The first kappa shape index (κ1) is 23.5. The Morgan fingerprint density at radius 3 is 2.45 bits per heavy atom. The zero-order valence-corrected chi connectivity index (χ0v) is 19.9. The van der Waals surface area contributed by atoms with E-state index in [1.165, 1.54) is 0 Å². The fraction of sp³-hybridized carbons (Fsp3) is 0.346. The van der Waals surface area contributed by atoms with Crippen molar-refractivity contribution in [2.24, 2.45) is 0 Å². The van der Waals surface area contributed by atoms with E-state index >= 15 is 0 Å². The van der Waals surface area contributed by atoms with Gasteiger partial charge in [-0.3, -0.25) is 4.79 Å². The molecule has 0 radical (unpaired) electrons. The number of hydrogen-bond donors (Lipinski definition) is 1. The predicted octanol–water partition coefficient (Wildman–Crippen LogP) is 5.78. The normalized spacial score (nSPS) is 12.8. The fourth-order valence-electron chi connectivity index (χ4n) is 3.94. The molecule has 31 heavy (non-hydrogen) atoms. The van der Waals surface area contributed by atoms with Gasteiger partial charge in [-0.1, -0.05) is 48.0 Å². The van der Waals surface area contributed by atoms with Crippen LogP contribution in [0.2, 0.25) is 0 Å². The molecule has 1 N–H and O–H groups in total. The third-order valence-corrected chi connectivity index (χ3v) is 5.85. The number of benzene rings is 2. The summed E-state index contributed by atoms with van der Waals surface area (Å²) in [5, 5.41) is 11.8. The van der Waals surface area contributed by atoms with Gasteiger partial charge in [0.15, 0.2) is 5.78 Å². The van der Waals surface area contributed by atoms with Crippen LogP contribution < -0.4 is 0 Å².